The largest absolute Gasteiger partial charge is 0.462 e. The summed E-state index contributed by atoms with van der Waals surface area (Å²) in [5.41, 5.74) is 0. The van der Waals surface area contributed by atoms with Crippen LogP contribution in [0.25, 0.3) is 0 Å². The van der Waals surface area contributed by atoms with Gasteiger partial charge in [-0.25, -0.2) is 0 Å². The zero-order valence-electron chi connectivity index (χ0n) is 49.1. The zero-order chi connectivity index (χ0) is 53.6. The van der Waals surface area contributed by atoms with Crippen LogP contribution in [0.5, 0.6) is 0 Å². The maximum atomic E-state index is 12.9. The summed E-state index contributed by atoms with van der Waals surface area (Å²) in [6.45, 7) is 6.60. The van der Waals surface area contributed by atoms with Gasteiger partial charge in [0, 0.05) is 19.3 Å². The first-order chi connectivity index (χ1) is 36.5. The first-order valence-corrected chi connectivity index (χ1v) is 31.9. The lowest BCUT2D eigenvalue weighted by molar-refractivity contribution is -0.167. The third kappa shape index (κ3) is 59.7. The Bertz CT molecular complexity index is 1370. The zero-order valence-corrected chi connectivity index (χ0v) is 49.1. The van der Waals surface area contributed by atoms with Crippen molar-refractivity contribution in [1.29, 1.82) is 0 Å². The van der Waals surface area contributed by atoms with Crippen molar-refractivity contribution < 1.29 is 28.6 Å². The number of esters is 3. The molecule has 6 nitrogen and oxygen atoms in total. The molecule has 0 N–H and O–H groups in total. The summed E-state index contributed by atoms with van der Waals surface area (Å²) in [7, 11) is 0. The van der Waals surface area contributed by atoms with Gasteiger partial charge in [0.1, 0.15) is 13.2 Å². The van der Waals surface area contributed by atoms with E-state index in [-0.39, 0.29) is 31.1 Å². The van der Waals surface area contributed by atoms with Crippen molar-refractivity contribution in [3.8, 4) is 0 Å². The van der Waals surface area contributed by atoms with Gasteiger partial charge in [-0.1, -0.05) is 261 Å². The number of unbranched alkanes of at least 4 members (excludes halogenated alkanes) is 35. The highest BCUT2D eigenvalue weighted by Gasteiger charge is 2.19. The molecule has 0 aliphatic rings. The molecule has 0 saturated carbocycles. The minimum absolute atomic E-state index is 0.0831. The van der Waals surface area contributed by atoms with Crippen molar-refractivity contribution in [2.45, 2.75) is 329 Å². The second-order valence-corrected chi connectivity index (χ2v) is 21.3. The smallest absolute Gasteiger partial charge is 0.306 e. The second kappa shape index (κ2) is 62.4. The highest BCUT2D eigenvalue weighted by atomic mass is 16.6. The Morgan fingerprint density at radius 3 is 0.784 bits per heavy atom. The molecule has 0 aromatic carbocycles. The fraction of sp³-hybridized carbons (Fsp3) is 0.779. The Morgan fingerprint density at radius 2 is 0.486 bits per heavy atom. The predicted octanol–water partition coefficient (Wildman–Crippen LogP) is 21.7. The van der Waals surface area contributed by atoms with E-state index in [0.717, 1.165) is 96.3 Å². The van der Waals surface area contributed by atoms with E-state index in [4.69, 9.17) is 14.2 Å². The number of hydrogen-bond donors (Lipinski definition) is 0. The molecule has 0 aliphatic heterocycles. The van der Waals surface area contributed by atoms with Crippen LogP contribution >= 0.6 is 0 Å². The summed E-state index contributed by atoms with van der Waals surface area (Å²) in [5, 5.41) is 0. The van der Waals surface area contributed by atoms with Crippen molar-refractivity contribution in [2.75, 3.05) is 13.2 Å². The molecule has 0 aliphatic carbocycles. The molecule has 0 rings (SSSR count). The molecule has 6 heteroatoms. The number of carbonyl (C=O) groups is 3. The topological polar surface area (TPSA) is 78.9 Å². The first-order valence-electron chi connectivity index (χ1n) is 31.9. The lowest BCUT2D eigenvalue weighted by atomic mass is 10.0. The summed E-state index contributed by atoms with van der Waals surface area (Å²) in [6.07, 6.45) is 80.4. The lowest BCUT2D eigenvalue weighted by Gasteiger charge is -2.18. The van der Waals surface area contributed by atoms with E-state index >= 15 is 0 Å². The molecule has 1 atom stereocenters. The molecule has 0 aromatic heterocycles. The number of rotatable bonds is 58. The van der Waals surface area contributed by atoms with Crippen molar-refractivity contribution in [1.82, 2.24) is 0 Å². The molecule has 0 radical (unpaired) electrons. The molecule has 0 fully saturated rings. The SMILES string of the molecule is CCCCC/C=C\C/C=C\CCCCCCCCCC(=O)OC(COC(=O)CCCCCCC/C=C\C/C=C\CCCCCC)COC(=O)CCCCCCCCCCCCC/C=C\C/C=C\CCCCCCC. The number of carbonyl (C=O) groups excluding carboxylic acids is 3. The van der Waals surface area contributed by atoms with Crippen LogP contribution in [0, 0.1) is 0 Å². The Balaban J connectivity index is 4.36. The minimum atomic E-state index is -0.788. The van der Waals surface area contributed by atoms with Crippen LogP contribution in [-0.2, 0) is 28.6 Å². The van der Waals surface area contributed by atoms with E-state index in [9.17, 15) is 14.4 Å². The van der Waals surface area contributed by atoms with Crippen molar-refractivity contribution in [3.63, 3.8) is 0 Å². The molecule has 0 saturated heterocycles. The van der Waals surface area contributed by atoms with Crippen LogP contribution in [0.1, 0.15) is 323 Å². The van der Waals surface area contributed by atoms with Gasteiger partial charge in [-0.3, -0.25) is 14.4 Å². The van der Waals surface area contributed by atoms with E-state index in [1.165, 1.54) is 186 Å². The van der Waals surface area contributed by atoms with E-state index in [1.54, 1.807) is 0 Å². The van der Waals surface area contributed by atoms with Gasteiger partial charge in [-0.2, -0.15) is 0 Å². The molecule has 0 bridgehead atoms. The van der Waals surface area contributed by atoms with Gasteiger partial charge in [0.25, 0.3) is 0 Å². The molecular formula is C68H120O6. The molecule has 0 heterocycles. The van der Waals surface area contributed by atoms with Crippen molar-refractivity contribution in [3.05, 3.63) is 72.9 Å². The normalized spacial score (nSPS) is 12.5. The molecule has 74 heavy (non-hydrogen) atoms. The number of hydrogen-bond acceptors (Lipinski definition) is 6. The third-order valence-corrected chi connectivity index (χ3v) is 13.9. The Kier molecular flexibility index (Phi) is 59.7. The third-order valence-electron chi connectivity index (χ3n) is 13.9. The van der Waals surface area contributed by atoms with Gasteiger partial charge in [0.15, 0.2) is 6.10 Å². The highest BCUT2D eigenvalue weighted by molar-refractivity contribution is 5.71. The van der Waals surface area contributed by atoms with E-state index in [1.807, 2.05) is 0 Å². The second-order valence-electron chi connectivity index (χ2n) is 21.3. The summed E-state index contributed by atoms with van der Waals surface area (Å²) >= 11 is 0. The predicted molar refractivity (Wildman–Crippen MR) is 321 cm³/mol. The maximum Gasteiger partial charge on any atom is 0.306 e. The van der Waals surface area contributed by atoms with Crippen molar-refractivity contribution in [2.24, 2.45) is 0 Å². The fourth-order valence-corrected chi connectivity index (χ4v) is 9.06. The van der Waals surface area contributed by atoms with Gasteiger partial charge >= 0.3 is 17.9 Å². The fourth-order valence-electron chi connectivity index (χ4n) is 9.06. The lowest BCUT2D eigenvalue weighted by Crippen LogP contribution is -2.30. The summed E-state index contributed by atoms with van der Waals surface area (Å²) in [5.74, 6) is -0.893. The van der Waals surface area contributed by atoms with Gasteiger partial charge in [-0.15, -0.1) is 0 Å². The van der Waals surface area contributed by atoms with E-state index < -0.39 is 6.10 Å². The summed E-state index contributed by atoms with van der Waals surface area (Å²) < 4.78 is 16.9. The van der Waals surface area contributed by atoms with Crippen LogP contribution in [0.4, 0.5) is 0 Å². The Hall–Kier alpha value is -3.15. The molecule has 1 unspecified atom stereocenters. The molecule has 0 aromatic rings. The van der Waals surface area contributed by atoms with Gasteiger partial charge in [0.05, 0.1) is 0 Å². The summed E-state index contributed by atoms with van der Waals surface area (Å²) in [4.78, 5) is 38.3. The average Bonchev–Trinajstić information content (AvgIpc) is 3.40. The van der Waals surface area contributed by atoms with Crippen LogP contribution in [0.15, 0.2) is 72.9 Å². The minimum Gasteiger partial charge on any atom is -0.462 e. The first kappa shape index (κ1) is 70.8. The maximum absolute atomic E-state index is 12.9. The van der Waals surface area contributed by atoms with Gasteiger partial charge in [-0.05, 0) is 116 Å². The molecule has 0 amide bonds. The van der Waals surface area contributed by atoms with Crippen molar-refractivity contribution >= 4 is 17.9 Å². The number of allylic oxidation sites excluding steroid dienone is 12. The standard InChI is InChI=1S/C68H120O6/c1-4-7-10-13-16-19-22-25-28-31-32-33-34-35-36-38-40-43-46-49-52-55-58-61-67(70)73-64-65(63-72-66(69)60-57-54-51-48-45-42-39-30-27-24-21-18-15-12-9-6-3)74-68(71)62-59-56-53-50-47-44-41-37-29-26-23-20-17-14-11-8-5-2/h17,20-22,24-26,29-32,39,65H,4-16,18-19,23,27-28,33-38,40-64H2,1-3H3/b20-17-,24-21-,25-22-,29-26-,32-31-,39-30-. The molecular weight excluding hydrogens is 913 g/mol. The molecule has 428 valence electrons. The van der Waals surface area contributed by atoms with Crippen LogP contribution in [0.3, 0.4) is 0 Å². The van der Waals surface area contributed by atoms with Crippen LogP contribution < -0.4 is 0 Å². The Morgan fingerprint density at radius 1 is 0.270 bits per heavy atom. The van der Waals surface area contributed by atoms with Crippen LogP contribution in [-0.4, -0.2) is 37.2 Å². The van der Waals surface area contributed by atoms with Gasteiger partial charge in [0.2, 0.25) is 0 Å². The van der Waals surface area contributed by atoms with E-state index in [2.05, 4.69) is 93.7 Å². The highest BCUT2D eigenvalue weighted by Crippen LogP contribution is 2.16. The monoisotopic (exact) mass is 1030 g/mol. The van der Waals surface area contributed by atoms with Crippen LogP contribution in [0.2, 0.25) is 0 Å². The summed E-state index contributed by atoms with van der Waals surface area (Å²) in [6, 6.07) is 0. The Labute approximate surface area is 459 Å². The average molecular weight is 1030 g/mol. The quantitative estimate of drug-likeness (QED) is 0.0261. The van der Waals surface area contributed by atoms with E-state index in [0.29, 0.717) is 19.3 Å². The van der Waals surface area contributed by atoms with Gasteiger partial charge < -0.3 is 14.2 Å². The number of ether oxygens (including phenoxy) is 3. The molecule has 0 spiro atoms.